The molecule has 0 aliphatic carbocycles. The summed E-state index contributed by atoms with van der Waals surface area (Å²) >= 11 is 0. The summed E-state index contributed by atoms with van der Waals surface area (Å²) in [5.74, 6) is 0. The van der Waals surface area contributed by atoms with Gasteiger partial charge < -0.3 is 0 Å². The molecule has 0 atom stereocenters. The van der Waals surface area contributed by atoms with Crippen LogP contribution in [0.1, 0.15) is 0 Å². The summed E-state index contributed by atoms with van der Waals surface area (Å²) in [7, 11) is 0. The van der Waals surface area contributed by atoms with Crippen LogP contribution in [0.15, 0.2) is 77.7 Å². The van der Waals surface area contributed by atoms with Crippen LogP contribution >= 0.6 is 0 Å². The molecule has 2 heterocycles. The van der Waals surface area contributed by atoms with Crippen LogP contribution < -0.4 is 5.56 Å². The predicted molar refractivity (Wildman–Crippen MR) is 94.0 cm³/mol. The van der Waals surface area contributed by atoms with Crippen LogP contribution in [-0.4, -0.2) is 9.38 Å². The molecule has 23 heavy (non-hydrogen) atoms. The first kappa shape index (κ1) is 12.4. The number of benzene rings is 3. The lowest BCUT2D eigenvalue weighted by Crippen LogP contribution is -2.15. The second-order valence-corrected chi connectivity index (χ2v) is 5.69. The van der Waals surface area contributed by atoms with Crippen molar-refractivity contribution in [3.8, 4) is 0 Å². The number of nitrogens with zero attached hydrogens (tertiary/aromatic N) is 2. The Bertz CT molecular complexity index is 1290. The Balaban J connectivity index is 2.08. The van der Waals surface area contributed by atoms with Crippen LogP contribution in [0.25, 0.3) is 38.1 Å². The maximum absolute atomic E-state index is 12.7. The van der Waals surface area contributed by atoms with Crippen LogP contribution in [0.4, 0.5) is 0 Å². The maximum Gasteiger partial charge on any atom is 0.265 e. The molecule has 0 N–H and O–H groups in total. The van der Waals surface area contributed by atoms with E-state index in [1.807, 2.05) is 54.7 Å². The summed E-state index contributed by atoms with van der Waals surface area (Å²) in [6, 6.07) is 21.9. The predicted octanol–water partition coefficient (Wildman–Crippen LogP) is 4.15. The van der Waals surface area contributed by atoms with Crippen molar-refractivity contribution >= 4 is 38.1 Å². The Morgan fingerprint density at radius 3 is 2.39 bits per heavy atom. The third kappa shape index (κ3) is 1.64. The average molecular weight is 296 g/mol. The van der Waals surface area contributed by atoms with E-state index in [0.29, 0.717) is 11.0 Å². The number of aromatic nitrogens is 2. The molecular formula is C20H12N2O. The molecule has 108 valence electrons. The van der Waals surface area contributed by atoms with Crippen molar-refractivity contribution in [2.24, 2.45) is 0 Å². The molecule has 5 aromatic rings. The molecule has 3 nitrogen and oxygen atoms in total. The van der Waals surface area contributed by atoms with E-state index in [0.717, 1.165) is 16.3 Å². The van der Waals surface area contributed by atoms with Crippen molar-refractivity contribution in [3.05, 3.63) is 83.3 Å². The number of pyridine rings is 1. The molecule has 0 fully saturated rings. The van der Waals surface area contributed by atoms with Crippen molar-refractivity contribution in [1.82, 2.24) is 9.38 Å². The van der Waals surface area contributed by atoms with E-state index in [2.05, 4.69) is 18.2 Å². The Hall–Kier alpha value is -3.20. The van der Waals surface area contributed by atoms with Gasteiger partial charge in [-0.05, 0) is 40.4 Å². The smallest absolute Gasteiger partial charge is 0.265 e. The van der Waals surface area contributed by atoms with Gasteiger partial charge in [0.1, 0.15) is 5.65 Å². The standard InChI is InChI=1S/C20H12N2O/c23-20-17-7-3-4-8-18(17)21-19-16-10-9-13-5-1-2-6-14(13)15(16)11-12-22(19)20/h1-12H. The van der Waals surface area contributed by atoms with E-state index in [4.69, 9.17) is 4.98 Å². The lowest BCUT2D eigenvalue weighted by atomic mass is 10.0. The molecule has 0 aliphatic rings. The van der Waals surface area contributed by atoms with E-state index in [9.17, 15) is 4.79 Å². The van der Waals surface area contributed by atoms with Gasteiger partial charge in [-0.25, -0.2) is 4.98 Å². The van der Waals surface area contributed by atoms with E-state index in [1.165, 1.54) is 10.8 Å². The highest BCUT2D eigenvalue weighted by molar-refractivity contribution is 6.11. The molecule has 0 radical (unpaired) electrons. The van der Waals surface area contributed by atoms with Gasteiger partial charge in [-0.2, -0.15) is 0 Å². The van der Waals surface area contributed by atoms with E-state index in [1.54, 1.807) is 4.40 Å². The molecule has 0 spiro atoms. The molecule has 0 unspecified atom stereocenters. The molecule has 0 aliphatic heterocycles. The van der Waals surface area contributed by atoms with Gasteiger partial charge in [-0.15, -0.1) is 0 Å². The van der Waals surface area contributed by atoms with E-state index in [-0.39, 0.29) is 5.56 Å². The molecular weight excluding hydrogens is 284 g/mol. The van der Waals surface area contributed by atoms with Crippen molar-refractivity contribution in [1.29, 1.82) is 0 Å². The van der Waals surface area contributed by atoms with Gasteiger partial charge in [0.25, 0.3) is 5.56 Å². The van der Waals surface area contributed by atoms with Gasteiger partial charge in [0.15, 0.2) is 0 Å². The van der Waals surface area contributed by atoms with Crippen LogP contribution in [0.2, 0.25) is 0 Å². The molecule has 0 bridgehead atoms. The topological polar surface area (TPSA) is 34.4 Å². The highest BCUT2D eigenvalue weighted by Gasteiger charge is 2.09. The van der Waals surface area contributed by atoms with Crippen LogP contribution in [0.3, 0.4) is 0 Å². The Morgan fingerprint density at radius 2 is 1.48 bits per heavy atom. The second kappa shape index (κ2) is 4.40. The first-order valence-electron chi connectivity index (χ1n) is 7.54. The summed E-state index contributed by atoms with van der Waals surface area (Å²) < 4.78 is 1.64. The highest BCUT2D eigenvalue weighted by atomic mass is 16.1. The van der Waals surface area contributed by atoms with Gasteiger partial charge in [-0.1, -0.05) is 42.5 Å². The molecule has 0 saturated carbocycles. The quantitative estimate of drug-likeness (QED) is 0.318. The zero-order valence-electron chi connectivity index (χ0n) is 12.2. The summed E-state index contributed by atoms with van der Waals surface area (Å²) in [4.78, 5) is 17.5. The largest absolute Gasteiger partial charge is 0.268 e. The third-order valence-corrected chi connectivity index (χ3v) is 4.41. The van der Waals surface area contributed by atoms with Gasteiger partial charge >= 0.3 is 0 Å². The first-order chi connectivity index (χ1) is 11.3. The van der Waals surface area contributed by atoms with Gasteiger partial charge in [0.05, 0.1) is 10.9 Å². The summed E-state index contributed by atoms with van der Waals surface area (Å²) in [5, 5.41) is 5.12. The minimum absolute atomic E-state index is 0.0272. The average Bonchev–Trinajstić information content (AvgIpc) is 2.61. The number of fused-ring (bicyclic) bond motifs is 6. The molecule has 3 heteroatoms. The van der Waals surface area contributed by atoms with Gasteiger partial charge in [-0.3, -0.25) is 9.20 Å². The molecule has 2 aromatic heterocycles. The fraction of sp³-hybridized carbons (Fsp3) is 0. The minimum Gasteiger partial charge on any atom is -0.268 e. The Kier molecular flexibility index (Phi) is 2.36. The number of hydrogen-bond acceptors (Lipinski definition) is 2. The molecule has 5 rings (SSSR count). The van der Waals surface area contributed by atoms with E-state index >= 15 is 0 Å². The van der Waals surface area contributed by atoms with Crippen molar-refractivity contribution in [2.75, 3.05) is 0 Å². The van der Waals surface area contributed by atoms with Crippen LogP contribution in [-0.2, 0) is 0 Å². The summed E-state index contributed by atoms with van der Waals surface area (Å²) in [6.07, 6.45) is 1.83. The van der Waals surface area contributed by atoms with Crippen molar-refractivity contribution in [3.63, 3.8) is 0 Å². The van der Waals surface area contributed by atoms with Gasteiger partial charge in [0.2, 0.25) is 0 Å². The number of para-hydroxylation sites is 1. The number of rotatable bonds is 0. The van der Waals surface area contributed by atoms with Crippen molar-refractivity contribution < 1.29 is 0 Å². The normalized spacial score (nSPS) is 11.7. The first-order valence-corrected chi connectivity index (χ1v) is 7.54. The fourth-order valence-electron chi connectivity index (χ4n) is 3.29. The molecule has 0 saturated heterocycles. The van der Waals surface area contributed by atoms with Crippen LogP contribution in [0.5, 0.6) is 0 Å². The fourth-order valence-corrected chi connectivity index (χ4v) is 3.29. The minimum atomic E-state index is -0.0272. The monoisotopic (exact) mass is 296 g/mol. The molecule has 0 amide bonds. The summed E-state index contributed by atoms with van der Waals surface area (Å²) in [5.41, 5.74) is 1.41. The number of hydrogen-bond donors (Lipinski definition) is 0. The summed E-state index contributed by atoms with van der Waals surface area (Å²) in [6.45, 7) is 0. The Morgan fingerprint density at radius 1 is 0.696 bits per heavy atom. The lowest BCUT2D eigenvalue weighted by Gasteiger charge is -2.09. The SMILES string of the molecule is O=c1c2ccccc2nc2c3ccc4ccccc4c3ccn12. The van der Waals surface area contributed by atoms with Gasteiger partial charge in [0, 0.05) is 11.6 Å². The van der Waals surface area contributed by atoms with Crippen molar-refractivity contribution in [2.45, 2.75) is 0 Å². The van der Waals surface area contributed by atoms with E-state index < -0.39 is 0 Å². The highest BCUT2D eigenvalue weighted by Crippen LogP contribution is 2.27. The zero-order valence-corrected chi connectivity index (χ0v) is 12.2. The lowest BCUT2D eigenvalue weighted by molar-refractivity contribution is 1.09. The maximum atomic E-state index is 12.7. The Labute approximate surface area is 131 Å². The zero-order chi connectivity index (χ0) is 15.4. The third-order valence-electron chi connectivity index (χ3n) is 4.41. The van der Waals surface area contributed by atoms with Crippen LogP contribution in [0, 0.1) is 0 Å². The second-order valence-electron chi connectivity index (χ2n) is 5.69. The molecule has 3 aromatic carbocycles.